The molecule has 0 N–H and O–H groups in total. The Hall–Kier alpha value is -1.69. The summed E-state index contributed by atoms with van der Waals surface area (Å²) in [7, 11) is 0. The molecule has 0 aliphatic heterocycles. The number of aromatic nitrogens is 3. The van der Waals surface area contributed by atoms with E-state index in [1.165, 1.54) is 6.33 Å². The van der Waals surface area contributed by atoms with Gasteiger partial charge in [-0.2, -0.15) is 5.10 Å². The normalized spacial score (nSPS) is 10.9. The highest BCUT2D eigenvalue weighted by Crippen LogP contribution is 2.27. The lowest BCUT2D eigenvalue weighted by Crippen LogP contribution is -2.13. The minimum absolute atomic E-state index is 0.288. The first-order valence-electron chi connectivity index (χ1n) is 6.76. The highest BCUT2D eigenvalue weighted by molar-refractivity contribution is 9.10. The molecule has 5 nitrogen and oxygen atoms in total. The third kappa shape index (κ3) is 3.91. The van der Waals surface area contributed by atoms with Crippen LogP contribution in [0.3, 0.4) is 0 Å². The fraction of sp³-hybridized carbons (Fsp3) is 0.400. The molecule has 2 aromatic rings. The van der Waals surface area contributed by atoms with Crippen molar-refractivity contribution in [3.63, 3.8) is 0 Å². The van der Waals surface area contributed by atoms with Crippen molar-refractivity contribution in [3.05, 3.63) is 39.9 Å². The third-order valence-electron chi connectivity index (χ3n) is 2.97. The van der Waals surface area contributed by atoms with Crippen LogP contribution in [0.1, 0.15) is 35.6 Å². The predicted molar refractivity (Wildman–Crippen MR) is 83.5 cm³/mol. The molecule has 0 radical (unpaired) electrons. The second-order valence-corrected chi connectivity index (χ2v) is 6.22. The van der Waals surface area contributed by atoms with Gasteiger partial charge in [-0.25, -0.2) is 9.67 Å². The summed E-state index contributed by atoms with van der Waals surface area (Å²) in [6.07, 6.45) is 2.32. The number of halogens is 1. The zero-order chi connectivity index (χ0) is 15.4. The topological polar surface area (TPSA) is 57.0 Å². The van der Waals surface area contributed by atoms with Gasteiger partial charge in [-0.3, -0.25) is 4.79 Å². The largest absolute Gasteiger partial charge is 0.485 e. The van der Waals surface area contributed by atoms with Crippen LogP contribution in [0.15, 0.2) is 22.9 Å². The number of hydrogen-bond donors (Lipinski definition) is 0. The molecule has 0 aliphatic carbocycles. The number of rotatable bonds is 6. The molecule has 0 fully saturated rings. The Morgan fingerprint density at radius 3 is 2.86 bits per heavy atom. The van der Waals surface area contributed by atoms with Crippen LogP contribution in [0.25, 0.3) is 0 Å². The van der Waals surface area contributed by atoms with Crippen molar-refractivity contribution in [2.45, 2.75) is 33.9 Å². The number of nitrogens with zero attached hydrogens (tertiary/aromatic N) is 3. The van der Waals surface area contributed by atoms with E-state index >= 15 is 0 Å². The average molecular weight is 352 g/mol. The molecule has 1 heterocycles. The maximum Gasteiger partial charge on any atom is 0.164 e. The summed E-state index contributed by atoms with van der Waals surface area (Å²) in [6, 6.07) is 3.66. The zero-order valence-electron chi connectivity index (χ0n) is 12.3. The monoisotopic (exact) mass is 351 g/mol. The summed E-state index contributed by atoms with van der Waals surface area (Å²) in [5, 5.41) is 4.20. The van der Waals surface area contributed by atoms with Gasteiger partial charge >= 0.3 is 0 Å². The van der Waals surface area contributed by atoms with E-state index in [9.17, 15) is 4.79 Å². The van der Waals surface area contributed by atoms with E-state index < -0.39 is 0 Å². The van der Waals surface area contributed by atoms with Crippen LogP contribution in [-0.4, -0.2) is 21.1 Å². The van der Waals surface area contributed by atoms with E-state index in [2.05, 4.69) is 39.9 Å². The van der Waals surface area contributed by atoms with Crippen molar-refractivity contribution >= 4 is 22.2 Å². The molecule has 0 saturated carbocycles. The lowest BCUT2D eigenvalue weighted by Gasteiger charge is -2.13. The Morgan fingerprint density at radius 2 is 2.19 bits per heavy atom. The first-order valence-corrected chi connectivity index (χ1v) is 7.55. The van der Waals surface area contributed by atoms with Crippen LogP contribution in [0, 0.1) is 12.8 Å². The van der Waals surface area contributed by atoms with Crippen LogP contribution in [0.5, 0.6) is 5.75 Å². The van der Waals surface area contributed by atoms with Crippen molar-refractivity contribution in [2.24, 2.45) is 5.92 Å². The van der Waals surface area contributed by atoms with Crippen molar-refractivity contribution in [1.82, 2.24) is 14.8 Å². The van der Waals surface area contributed by atoms with Crippen LogP contribution in [-0.2, 0) is 13.2 Å². The van der Waals surface area contributed by atoms with Crippen LogP contribution >= 0.6 is 15.9 Å². The second-order valence-electron chi connectivity index (χ2n) is 5.30. The Labute approximate surface area is 132 Å². The molecule has 1 aromatic heterocycles. The smallest absolute Gasteiger partial charge is 0.164 e. The number of carbonyl (C=O) groups is 1. The number of aldehydes is 1. The van der Waals surface area contributed by atoms with Gasteiger partial charge in [-0.15, -0.1) is 0 Å². The molecule has 2 rings (SSSR count). The van der Waals surface area contributed by atoms with Crippen molar-refractivity contribution in [2.75, 3.05) is 0 Å². The molecule has 0 spiro atoms. The van der Waals surface area contributed by atoms with Gasteiger partial charge in [0, 0.05) is 11.0 Å². The lowest BCUT2D eigenvalue weighted by atomic mass is 10.1. The summed E-state index contributed by atoms with van der Waals surface area (Å²) in [5.41, 5.74) is 1.43. The highest BCUT2D eigenvalue weighted by atomic mass is 79.9. The molecule has 0 amide bonds. The molecular formula is C15H18BrN3O2. The fourth-order valence-corrected chi connectivity index (χ4v) is 2.67. The summed E-state index contributed by atoms with van der Waals surface area (Å²) < 4.78 is 8.50. The van der Waals surface area contributed by atoms with E-state index in [1.54, 1.807) is 6.07 Å². The SMILES string of the molecule is Cc1cc(Br)cc(C=O)c1OCc1ncnn1CC(C)C. The van der Waals surface area contributed by atoms with Crippen molar-refractivity contribution in [3.8, 4) is 5.75 Å². The van der Waals surface area contributed by atoms with Gasteiger partial charge in [-0.1, -0.05) is 29.8 Å². The molecule has 0 aliphatic rings. The minimum atomic E-state index is 0.288. The molecule has 6 heteroatoms. The second kappa shape index (κ2) is 6.85. The van der Waals surface area contributed by atoms with Crippen LogP contribution in [0.2, 0.25) is 0 Å². The van der Waals surface area contributed by atoms with E-state index in [1.807, 2.05) is 17.7 Å². The molecule has 112 valence electrons. The number of benzene rings is 1. The Morgan fingerprint density at radius 1 is 1.43 bits per heavy atom. The maximum absolute atomic E-state index is 11.2. The average Bonchev–Trinajstić information content (AvgIpc) is 2.83. The van der Waals surface area contributed by atoms with Gasteiger partial charge in [0.05, 0.1) is 5.56 Å². The molecule has 0 unspecified atom stereocenters. The minimum Gasteiger partial charge on any atom is -0.485 e. The summed E-state index contributed by atoms with van der Waals surface area (Å²) in [6.45, 7) is 7.23. The molecule has 0 saturated heterocycles. The Balaban J connectivity index is 2.17. The van der Waals surface area contributed by atoms with E-state index in [0.29, 0.717) is 17.2 Å². The highest BCUT2D eigenvalue weighted by Gasteiger charge is 2.12. The summed E-state index contributed by atoms with van der Waals surface area (Å²) in [4.78, 5) is 15.4. The first kappa shape index (κ1) is 15.7. The lowest BCUT2D eigenvalue weighted by molar-refractivity contribution is 0.111. The van der Waals surface area contributed by atoms with Gasteiger partial charge in [-0.05, 0) is 30.5 Å². The van der Waals surface area contributed by atoms with E-state index in [-0.39, 0.29) is 6.61 Å². The standard InChI is InChI=1S/C15H18BrN3O2/c1-10(2)6-19-14(17-9-18-19)8-21-15-11(3)4-13(16)5-12(15)7-20/h4-5,7,9-10H,6,8H2,1-3H3. The Bertz CT molecular complexity index is 638. The maximum atomic E-state index is 11.2. The van der Waals surface area contributed by atoms with E-state index in [4.69, 9.17) is 4.74 Å². The molecule has 0 atom stereocenters. The zero-order valence-corrected chi connectivity index (χ0v) is 13.9. The molecule has 1 aromatic carbocycles. The molecule has 21 heavy (non-hydrogen) atoms. The van der Waals surface area contributed by atoms with Gasteiger partial charge < -0.3 is 4.74 Å². The van der Waals surface area contributed by atoms with Crippen molar-refractivity contribution in [1.29, 1.82) is 0 Å². The van der Waals surface area contributed by atoms with Gasteiger partial charge in [0.15, 0.2) is 12.1 Å². The molecular weight excluding hydrogens is 334 g/mol. The van der Waals surface area contributed by atoms with Crippen LogP contribution in [0.4, 0.5) is 0 Å². The first-order chi connectivity index (χ1) is 10.0. The van der Waals surface area contributed by atoms with Crippen LogP contribution < -0.4 is 4.74 Å². The summed E-state index contributed by atoms with van der Waals surface area (Å²) >= 11 is 3.38. The quantitative estimate of drug-likeness (QED) is 0.748. The third-order valence-corrected chi connectivity index (χ3v) is 3.43. The Kier molecular flexibility index (Phi) is 5.12. The van der Waals surface area contributed by atoms with Gasteiger partial charge in [0.2, 0.25) is 0 Å². The number of hydrogen-bond acceptors (Lipinski definition) is 4. The number of aryl methyl sites for hydroxylation is 1. The fourth-order valence-electron chi connectivity index (χ4n) is 2.08. The van der Waals surface area contributed by atoms with E-state index in [0.717, 1.165) is 28.7 Å². The number of carbonyl (C=O) groups excluding carboxylic acids is 1. The van der Waals surface area contributed by atoms with Gasteiger partial charge in [0.1, 0.15) is 18.7 Å². The van der Waals surface area contributed by atoms with Crippen molar-refractivity contribution < 1.29 is 9.53 Å². The molecule has 0 bridgehead atoms. The predicted octanol–water partition coefficient (Wildman–Crippen LogP) is 3.40. The number of ether oxygens (including phenoxy) is 1. The van der Waals surface area contributed by atoms with Gasteiger partial charge in [0.25, 0.3) is 0 Å². The summed E-state index contributed by atoms with van der Waals surface area (Å²) in [5.74, 6) is 1.82.